The molecule has 2 aromatic heterocycles. The molecule has 5 nitrogen and oxygen atoms in total. The van der Waals surface area contributed by atoms with Crippen molar-refractivity contribution in [2.45, 2.75) is 45.6 Å². The van der Waals surface area contributed by atoms with Gasteiger partial charge in [-0.2, -0.15) is 0 Å². The predicted molar refractivity (Wildman–Crippen MR) is 116 cm³/mol. The van der Waals surface area contributed by atoms with Gasteiger partial charge in [0.15, 0.2) is 0 Å². The lowest BCUT2D eigenvalue weighted by molar-refractivity contribution is -0.126. The van der Waals surface area contributed by atoms with Crippen molar-refractivity contribution in [1.29, 1.82) is 0 Å². The highest BCUT2D eigenvalue weighted by molar-refractivity contribution is 7.10. The van der Waals surface area contributed by atoms with E-state index in [2.05, 4.69) is 64.8 Å². The molecular formula is C22H28N4OS. The number of aryl methyl sites for hydroxylation is 1. The van der Waals surface area contributed by atoms with Crippen LogP contribution in [0.2, 0.25) is 0 Å². The Hall–Kier alpha value is -2.34. The first-order chi connectivity index (χ1) is 13.6. The van der Waals surface area contributed by atoms with Gasteiger partial charge in [-0.3, -0.25) is 4.79 Å². The second kappa shape index (κ2) is 8.35. The SMILES string of the molecule is CCC[C@@H](NC(=O)C1CCN(c2nc3ccc(C)cc3[nH]2)CC1)c1cccs1. The maximum Gasteiger partial charge on any atom is 0.223 e. The fraction of sp³-hybridized carbons (Fsp3) is 0.455. The number of benzene rings is 1. The zero-order chi connectivity index (χ0) is 19.5. The lowest BCUT2D eigenvalue weighted by Crippen LogP contribution is -2.41. The van der Waals surface area contributed by atoms with Crippen molar-refractivity contribution < 1.29 is 4.79 Å². The van der Waals surface area contributed by atoms with Crippen LogP contribution in [0.4, 0.5) is 5.95 Å². The molecule has 0 bridgehead atoms. The number of H-pyrrole nitrogens is 1. The molecule has 3 heterocycles. The molecule has 1 aliphatic rings. The van der Waals surface area contributed by atoms with Gasteiger partial charge in [-0.25, -0.2) is 4.98 Å². The van der Waals surface area contributed by atoms with Crippen LogP contribution in [0.15, 0.2) is 35.7 Å². The fourth-order valence-electron chi connectivity index (χ4n) is 3.97. The molecule has 0 saturated carbocycles. The molecule has 1 fully saturated rings. The van der Waals surface area contributed by atoms with Crippen LogP contribution >= 0.6 is 11.3 Å². The summed E-state index contributed by atoms with van der Waals surface area (Å²) in [4.78, 5) is 24.5. The van der Waals surface area contributed by atoms with E-state index in [-0.39, 0.29) is 17.9 Å². The highest BCUT2D eigenvalue weighted by Gasteiger charge is 2.28. The van der Waals surface area contributed by atoms with Crippen molar-refractivity contribution >= 4 is 34.2 Å². The summed E-state index contributed by atoms with van der Waals surface area (Å²) in [7, 11) is 0. The Labute approximate surface area is 170 Å². The van der Waals surface area contributed by atoms with Crippen molar-refractivity contribution in [2.24, 2.45) is 5.92 Å². The third-order valence-corrected chi connectivity index (χ3v) is 6.56. The first-order valence-corrected chi connectivity index (χ1v) is 11.1. The number of imidazole rings is 1. The molecule has 0 spiro atoms. The third-order valence-electron chi connectivity index (χ3n) is 5.57. The van der Waals surface area contributed by atoms with E-state index in [9.17, 15) is 4.79 Å². The molecule has 0 radical (unpaired) electrons. The average molecular weight is 397 g/mol. The van der Waals surface area contributed by atoms with Gasteiger partial charge in [0, 0.05) is 23.9 Å². The van der Waals surface area contributed by atoms with E-state index in [1.165, 1.54) is 10.4 Å². The van der Waals surface area contributed by atoms with Gasteiger partial charge < -0.3 is 15.2 Å². The molecule has 1 aromatic carbocycles. The van der Waals surface area contributed by atoms with Crippen LogP contribution in [0, 0.1) is 12.8 Å². The number of anilines is 1. The molecule has 0 aliphatic carbocycles. The summed E-state index contributed by atoms with van der Waals surface area (Å²) in [5.41, 5.74) is 3.30. The second-order valence-corrected chi connectivity index (χ2v) is 8.69. The van der Waals surface area contributed by atoms with Gasteiger partial charge >= 0.3 is 0 Å². The maximum absolute atomic E-state index is 12.9. The Bertz CT molecular complexity index is 925. The number of amides is 1. The highest BCUT2D eigenvalue weighted by atomic mass is 32.1. The number of carbonyl (C=O) groups excluding carboxylic acids is 1. The third kappa shape index (κ3) is 4.07. The first-order valence-electron chi connectivity index (χ1n) is 10.2. The molecule has 1 atom stereocenters. The quantitative estimate of drug-likeness (QED) is 0.629. The molecule has 3 aromatic rings. The second-order valence-electron chi connectivity index (χ2n) is 7.71. The molecule has 6 heteroatoms. The Morgan fingerprint density at radius 1 is 1.36 bits per heavy atom. The van der Waals surface area contributed by atoms with Crippen LogP contribution in [0.3, 0.4) is 0 Å². The van der Waals surface area contributed by atoms with Crippen LogP contribution in [-0.2, 0) is 4.79 Å². The summed E-state index contributed by atoms with van der Waals surface area (Å²) in [6, 6.07) is 10.6. The molecule has 0 unspecified atom stereocenters. The normalized spacial score (nSPS) is 16.4. The number of fused-ring (bicyclic) bond motifs is 1. The molecule has 1 aliphatic heterocycles. The van der Waals surface area contributed by atoms with Crippen LogP contribution in [0.1, 0.15) is 49.1 Å². The Balaban J connectivity index is 1.36. The van der Waals surface area contributed by atoms with Gasteiger partial charge in [0.25, 0.3) is 0 Å². The monoisotopic (exact) mass is 396 g/mol. The Morgan fingerprint density at radius 3 is 2.89 bits per heavy atom. The summed E-state index contributed by atoms with van der Waals surface area (Å²) in [5, 5.41) is 5.38. The van der Waals surface area contributed by atoms with Gasteiger partial charge in [-0.1, -0.05) is 25.5 Å². The lowest BCUT2D eigenvalue weighted by Gasteiger charge is -2.32. The smallest absolute Gasteiger partial charge is 0.223 e. The zero-order valence-electron chi connectivity index (χ0n) is 16.6. The average Bonchev–Trinajstić information content (AvgIpc) is 3.37. The zero-order valence-corrected chi connectivity index (χ0v) is 17.4. The summed E-state index contributed by atoms with van der Waals surface area (Å²) in [5.74, 6) is 1.20. The van der Waals surface area contributed by atoms with Crippen LogP contribution in [0.5, 0.6) is 0 Å². The van der Waals surface area contributed by atoms with Crippen molar-refractivity contribution in [3.8, 4) is 0 Å². The molecule has 1 amide bonds. The van der Waals surface area contributed by atoms with Gasteiger partial charge in [-0.15, -0.1) is 11.3 Å². The summed E-state index contributed by atoms with van der Waals surface area (Å²) in [6.45, 7) is 5.97. The first kappa shape index (κ1) is 19.0. The lowest BCUT2D eigenvalue weighted by atomic mass is 9.95. The minimum atomic E-state index is 0.0854. The summed E-state index contributed by atoms with van der Waals surface area (Å²) < 4.78 is 0. The summed E-state index contributed by atoms with van der Waals surface area (Å²) >= 11 is 1.72. The van der Waals surface area contributed by atoms with Crippen molar-refractivity contribution in [3.63, 3.8) is 0 Å². The standard InChI is InChI=1S/C22H28N4OS/c1-3-5-18(20-6-4-13-28-20)23-21(27)16-9-11-26(12-10-16)22-24-17-8-7-15(2)14-19(17)25-22/h4,6-8,13-14,16,18H,3,5,9-12H2,1-2H3,(H,23,27)(H,24,25)/t18-/m1/s1. The van der Waals surface area contributed by atoms with Crippen LogP contribution in [0.25, 0.3) is 11.0 Å². The molecule has 4 rings (SSSR count). The van der Waals surface area contributed by atoms with E-state index in [4.69, 9.17) is 4.98 Å². The number of hydrogen-bond acceptors (Lipinski definition) is 4. The molecule has 1 saturated heterocycles. The molecule has 148 valence electrons. The fourth-order valence-corrected chi connectivity index (χ4v) is 4.78. The molecule has 28 heavy (non-hydrogen) atoms. The van der Waals surface area contributed by atoms with Crippen LogP contribution in [-0.4, -0.2) is 29.0 Å². The number of piperidine rings is 1. The van der Waals surface area contributed by atoms with E-state index in [0.29, 0.717) is 0 Å². The van der Waals surface area contributed by atoms with E-state index in [0.717, 1.165) is 55.8 Å². The van der Waals surface area contributed by atoms with Gasteiger partial charge in [0.05, 0.1) is 17.1 Å². The topological polar surface area (TPSA) is 61.0 Å². The Kier molecular flexibility index (Phi) is 5.67. The number of aromatic amines is 1. The number of aromatic nitrogens is 2. The number of carbonyl (C=O) groups is 1. The number of thiophene rings is 1. The highest BCUT2D eigenvalue weighted by Crippen LogP contribution is 2.27. The van der Waals surface area contributed by atoms with E-state index >= 15 is 0 Å². The molecule has 2 N–H and O–H groups in total. The number of nitrogens with one attached hydrogen (secondary N) is 2. The van der Waals surface area contributed by atoms with Crippen LogP contribution < -0.4 is 10.2 Å². The van der Waals surface area contributed by atoms with Gasteiger partial charge in [0.1, 0.15) is 0 Å². The van der Waals surface area contributed by atoms with E-state index in [1.54, 1.807) is 11.3 Å². The Morgan fingerprint density at radius 2 is 2.18 bits per heavy atom. The summed E-state index contributed by atoms with van der Waals surface area (Å²) in [6.07, 6.45) is 3.78. The minimum Gasteiger partial charge on any atom is -0.348 e. The van der Waals surface area contributed by atoms with Crippen molar-refractivity contribution in [1.82, 2.24) is 15.3 Å². The predicted octanol–water partition coefficient (Wildman–Crippen LogP) is 4.81. The van der Waals surface area contributed by atoms with E-state index in [1.807, 2.05) is 0 Å². The minimum absolute atomic E-state index is 0.0854. The van der Waals surface area contributed by atoms with Gasteiger partial charge in [0.2, 0.25) is 11.9 Å². The number of nitrogens with zero attached hydrogens (tertiary/aromatic N) is 2. The van der Waals surface area contributed by atoms with E-state index < -0.39 is 0 Å². The van der Waals surface area contributed by atoms with Gasteiger partial charge in [-0.05, 0) is 55.3 Å². The number of hydrogen-bond donors (Lipinski definition) is 2. The largest absolute Gasteiger partial charge is 0.348 e. The molecular weight excluding hydrogens is 368 g/mol. The van der Waals surface area contributed by atoms with Crippen molar-refractivity contribution in [3.05, 3.63) is 46.2 Å². The maximum atomic E-state index is 12.9. The van der Waals surface area contributed by atoms with Crippen molar-refractivity contribution in [2.75, 3.05) is 18.0 Å². The number of rotatable bonds is 6.